The third kappa shape index (κ3) is 2.46. The molecule has 2 heterocycles. The van der Waals surface area contributed by atoms with Crippen LogP contribution < -0.4 is 10.6 Å². The van der Waals surface area contributed by atoms with E-state index in [0.717, 1.165) is 31.1 Å². The normalized spacial score (nSPS) is 24.5. The molecule has 0 aromatic carbocycles. The van der Waals surface area contributed by atoms with Crippen LogP contribution in [0.15, 0.2) is 6.07 Å². The fourth-order valence-corrected chi connectivity index (χ4v) is 2.65. The highest BCUT2D eigenvalue weighted by Crippen LogP contribution is 2.34. The Morgan fingerprint density at radius 2 is 2.35 bits per heavy atom. The van der Waals surface area contributed by atoms with Crippen LogP contribution in [0.2, 0.25) is 0 Å². The zero-order valence-electron chi connectivity index (χ0n) is 11.4. The number of nitrogens with zero attached hydrogens (tertiary/aromatic N) is 2. The van der Waals surface area contributed by atoms with Gasteiger partial charge in [0.15, 0.2) is 0 Å². The van der Waals surface area contributed by atoms with Gasteiger partial charge in [0, 0.05) is 31.6 Å². The first-order chi connectivity index (χ1) is 8.03. The highest BCUT2D eigenvalue weighted by atomic mass is 15.3. The van der Waals surface area contributed by atoms with Gasteiger partial charge >= 0.3 is 0 Å². The first-order valence-electron chi connectivity index (χ1n) is 6.49. The van der Waals surface area contributed by atoms with Gasteiger partial charge in [-0.2, -0.15) is 5.10 Å². The molecule has 2 N–H and O–H groups in total. The van der Waals surface area contributed by atoms with Crippen molar-refractivity contribution < 1.29 is 0 Å². The van der Waals surface area contributed by atoms with Gasteiger partial charge in [-0.3, -0.25) is 4.68 Å². The van der Waals surface area contributed by atoms with Crippen LogP contribution in [0.3, 0.4) is 0 Å². The lowest BCUT2D eigenvalue weighted by molar-refractivity contribution is 0.236. The van der Waals surface area contributed by atoms with Crippen LogP contribution in [-0.2, 0) is 7.05 Å². The molecule has 1 atom stereocenters. The molecule has 1 aromatic rings. The second-order valence-corrected chi connectivity index (χ2v) is 5.59. The van der Waals surface area contributed by atoms with E-state index in [2.05, 4.69) is 35.6 Å². The lowest BCUT2D eigenvalue weighted by Gasteiger charge is -2.33. The number of aryl methyl sites for hydroxylation is 2. The van der Waals surface area contributed by atoms with E-state index in [1.54, 1.807) is 0 Å². The number of rotatable bonds is 4. The first kappa shape index (κ1) is 12.4. The molecule has 1 saturated heterocycles. The molecule has 0 saturated carbocycles. The summed E-state index contributed by atoms with van der Waals surface area (Å²) in [5.41, 5.74) is 1.45. The van der Waals surface area contributed by atoms with Gasteiger partial charge < -0.3 is 10.6 Å². The zero-order chi connectivity index (χ0) is 12.5. The Labute approximate surface area is 104 Å². The summed E-state index contributed by atoms with van der Waals surface area (Å²) in [6, 6.07) is 2.11. The molecule has 4 heteroatoms. The second kappa shape index (κ2) is 4.69. The summed E-state index contributed by atoms with van der Waals surface area (Å²) in [6.45, 7) is 9.96. The van der Waals surface area contributed by atoms with E-state index in [0.29, 0.717) is 11.3 Å². The fourth-order valence-electron chi connectivity index (χ4n) is 2.65. The van der Waals surface area contributed by atoms with Gasteiger partial charge in [-0.15, -0.1) is 0 Å². The summed E-state index contributed by atoms with van der Waals surface area (Å²) < 4.78 is 1.92. The molecule has 0 spiro atoms. The summed E-state index contributed by atoms with van der Waals surface area (Å²) >= 11 is 0. The maximum atomic E-state index is 4.36. The molecule has 0 aliphatic carbocycles. The van der Waals surface area contributed by atoms with Crippen LogP contribution in [0.4, 0.5) is 5.82 Å². The van der Waals surface area contributed by atoms with Crippen molar-refractivity contribution in [3.8, 4) is 0 Å². The quantitative estimate of drug-likeness (QED) is 0.837. The van der Waals surface area contributed by atoms with Crippen LogP contribution >= 0.6 is 0 Å². The Hall–Kier alpha value is -1.03. The van der Waals surface area contributed by atoms with Gasteiger partial charge in [0.1, 0.15) is 5.82 Å². The molecule has 0 radical (unpaired) electrons. The summed E-state index contributed by atoms with van der Waals surface area (Å²) in [7, 11) is 1.99. The van der Waals surface area contributed by atoms with Gasteiger partial charge in [0.25, 0.3) is 0 Å². The first-order valence-corrected chi connectivity index (χ1v) is 6.49. The number of anilines is 1. The van der Waals surface area contributed by atoms with Gasteiger partial charge in [-0.1, -0.05) is 13.8 Å². The zero-order valence-corrected chi connectivity index (χ0v) is 11.4. The monoisotopic (exact) mass is 236 g/mol. The minimum Gasteiger partial charge on any atom is -0.370 e. The fraction of sp³-hybridized carbons (Fsp3) is 0.769. The van der Waals surface area contributed by atoms with Crippen molar-refractivity contribution in [3.05, 3.63) is 11.8 Å². The number of nitrogens with one attached hydrogen (secondary N) is 2. The summed E-state index contributed by atoms with van der Waals surface area (Å²) in [4.78, 5) is 0. The molecule has 1 aliphatic rings. The maximum absolute atomic E-state index is 4.36. The van der Waals surface area contributed by atoms with Crippen LogP contribution in [0.1, 0.15) is 26.0 Å². The summed E-state index contributed by atoms with van der Waals surface area (Å²) in [6.07, 6.45) is 1.26. The average molecular weight is 236 g/mol. The van der Waals surface area contributed by atoms with E-state index < -0.39 is 0 Å². The van der Waals surface area contributed by atoms with E-state index in [4.69, 9.17) is 0 Å². The topological polar surface area (TPSA) is 41.9 Å². The van der Waals surface area contributed by atoms with E-state index in [1.807, 2.05) is 18.7 Å². The van der Waals surface area contributed by atoms with Gasteiger partial charge in [-0.05, 0) is 25.8 Å². The van der Waals surface area contributed by atoms with E-state index in [1.165, 1.54) is 6.42 Å². The second-order valence-electron chi connectivity index (χ2n) is 5.59. The molecule has 1 unspecified atom stereocenters. The Morgan fingerprint density at radius 3 is 2.82 bits per heavy atom. The van der Waals surface area contributed by atoms with Crippen molar-refractivity contribution in [1.82, 2.24) is 15.1 Å². The highest BCUT2D eigenvalue weighted by molar-refractivity contribution is 5.37. The molecule has 1 aliphatic heterocycles. The van der Waals surface area contributed by atoms with Crippen LogP contribution in [0.5, 0.6) is 0 Å². The van der Waals surface area contributed by atoms with Crippen molar-refractivity contribution in [2.24, 2.45) is 18.4 Å². The Morgan fingerprint density at radius 1 is 1.59 bits per heavy atom. The summed E-state index contributed by atoms with van der Waals surface area (Å²) in [5, 5.41) is 11.4. The van der Waals surface area contributed by atoms with E-state index in [-0.39, 0.29) is 0 Å². The molecule has 96 valence electrons. The molecule has 4 nitrogen and oxygen atoms in total. The minimum atomic E-state index is 0.387. The Balaban J connectivity index is 2.03. The van der Waals surface area contributed by atoms with E-state index in [9.17, 15) is 0 Å². The van der Waals surface area contributed by atoms with Crippen molar-refractivity contribution >= 4 is 5.82 Å². The SMILES string of the molecule is Cc1cc(NCC2(C(C)C)CCNC2)n(C)n1. The van der Waals surface area contributed by atoms with E-state index >= 15 is 0 Å². The Kier molecular flexibility index (Phi) is 3.43. The van der Waals surface area contributed by atoms with Crippen molar-refractivity contribution in [2.45, 2.75) is 27.2 Å². The molecule has 0 bridgehead atoms. The van der Waals surface area contributed by atoms with Crippen LogP contribution in [0, 0.1) is 18.3 Å². The number of hydrogen-bond acceptors (Lipinski definition) is 3. The molecule has 0 amide bonds. The third-order valence-electron chi connectivity index (χ3n) is 4.13. The smallest absolute Gasteiger partial charge is 0.124 e. The molecule has 17 heavy (non-hydrogen) atoms. The average Bonchev–Trinajstić information content (AvgIpc) is 2.83. The van der Waals surface area contributed by atoms with Gasteiger partial charge in [0.05, 0.1) is 5.69 Å². The standard InChI is InChI=1S/C13H24N4/c1-10(2)13(5-6-14-8-13)9-15-12-7-11(3)16-17(12)4/h7,10,14-15H,5-6,8-9H2,1-4H3. The lowest BCUT2D eigenvalue weighted by atomic mass is 9.76. The van der Waals surface area contributed by atoms with Gasteiger partial charge in [0.2, 0.25) is 0 Å². The third-order valence-corrected chi connectivity index (χ3v) is 4.13. The minimum absolute atomic E-state index is 0.387. The van der Waals surface area contributed by atoms with Crippen LogP contribution in [0.25, 0.3) is 0 Å². The van der Waals surface area contributed by atoms with Crippen molar-refractivity contribution in [3.63, 3.8) is 0 Å². The lowest BCUT2D eigenvalue weighted by Crippen LogP contribution is -2.37. The molecule has 2 rings (SSSR count). The summed E-state index contributed by atoms with van der Waals surface area (Å²) in [5.74, 6) is 1.81. The molecular weight excluding hydrogens is 212 g/mol. The predicted molar refractivity (Wildman–Crippen MR) is 71.2 cm³/mol. The van der Waals surface area contributed by atoms with Crippen molar-refractivity contribution in [1.29, 1.82) is 0 Å². The molecule has 1 fully saturated rings. The van der Waals surface area contributed by atoms with Gasteiger partial charge in [-0.25, -0.2) is 0 Å². The molecule has 1 aromatic heterocycles. The highest BCUT2D eigenvalue weighted by Gasteiger charge is 2.36. The van der Waals surface area contributed by atoms with Crippen LogP contribution in [-0.4, -0.2) is 29.4 Å². The number of aromatic nitrogens is 2. The largest absolute Gasteiger partial charge is 0.370 e. The maximum Gasteiger partial charge on any atom is 0.124 e. The Bertz CT molecular complexity index is 375. The van der Waals surface area contributed by atoms with Crippen molar-refractivity contribution in [2.75, 3.05) is 25.0 Å². The molecular formula is C13H24N4. The predicted octanol–water partition coefficient (Wildman–Crippen LogP) is 1.78. The number of hydrogen-bond donors (Lipinski definition) is 2.